The molecule has 1 rings (SSSR count). The quantitative estimate of drug-likeness (QED) is 0.743. The molecule has 0 amide bonds. The Morgan fingerprint density at radius 2 is 1.75 bits per heavy atom. The van der Waals surface area contributed by atoms with Crippen molar-refractivity contribution in [3.63, 3.8) is 0 Å². The number of methoxy groups -OCH3 is 1. The number of benzene rings is 1. The second-order valence-electron chi connectivity index (χ2n) is 4.22. The summed E-state index contributed by atoms with van der Waals surface area (Å²) in [5.74, 6) is -1.27. The first-order valence-electron chi connectivity index (χ1n) is 5.95. The van der Waals surface area contributed by atoms with Crippen molar-refractivity contribution in [2.45, 2.75) is 25.9 Å². The zero-order valence-corrected chi connectivity index (χ0v) is 12.8. The molecule has 20 heavy (non-hydrogen) atoms. The fourth-order valence-corrected chi connectivity index (χ4v) is 1.82. The van der Waals surface area contributed by atoms with Crippen LogP contribution in [0, 0.1) is 0 Å². The summed E-state index contributed by atoms with van der Waals surface area (Å²) in [6.07, 6.45) is -0.966. The van der Waals surface area contributed by atoms with Crippen LogP contribution in [0.5, 0.6) is 0 Å². The van der Waals surface area contributed by atoms with Crippen molar-refractivity contribution in [2.24, 2.45) is 0 Å². The molecule has 5 nitrogen and oxygen atoms in total. The molecule has 0 saturated heterocycles. The minimum absolute atomic E-state index is 0.0165. The number of halogens is 1. The van der Waals surface area contributed by atoms with Crippen molar-refractivity contribution in [2.75, 3.05) is 7.11 Å². The van der Waals surface area contributed by atoms with E-state index < -0.39 is 18.0 Å². The Hall–Kier alpha value is -1.69. The van der Waals surface area contributed by atoms with Crippen molar-refractivity contribution in [3.05, 3.63) is 34.3 Å². The standard InChI is InChI=1S/C14H15BrO5/c1-9(16)7-12(8-13(17)19-2)20-14(18)10-3-5-11(15)6-4-10/h3-6,12H,7-8H2,1-2H3/t12-/m1/s1. The van der Waals surface area contributed by atoms with Crippen LogP contribution in [0.25, 0.3) is 0 Å². The van der Waals surface area contributed by atoms with E-state index >= 15 is 0 Å². The number of ketones is 1. The molecule has 0 aromatic heterocycles. The van der Waals surface area contributed by atoms with Crippen LogP contribution in [0.4, 0.5) is 0 Å². The number of hydrogen-bond acceptors (Lipinski definition) is 5. The van der Waals surface area contributed by atoms with Gasteiger partial charge in [-0.2, -0.15) is 0 Å². The first kappa shape index (κ1) is 16.4. The van der Waals surface area contributed by atoms with E-state index in [0.29, 0.717) is 5.56 Å². The van der Waals surface area contributed by atoms with E-state index in [0.717, 1.165) is 4.47 Å². The minimum Gasteiger partial charge on any atom is -0.469 e. The van der Waals surface area contributed by atoms with Crippen LogP contribution < -0.4 is 0 Å². The van der Waals surface area contributed by atoms with E-state index in [1.54, 1.807) is 24.3 Å². The third kappa shape index (κ3) is 5.52. The molecule has 0 saturated carbocycles. The molecule has 108 valence electrons. The van der Waals surface area contributed by atoms with Crippen LogP contribution in [0.2, 0.25) is 0 Å². The molecule has 0 aliphatic heterocycles. The van der Waals surface area contributed by atoms with Gasteiger partial charge in [0.05, 0.1) is 19.1 Å². The van der Waals surface area contributed by atoms with Gasteiger partial charge < -0.3 is 9.47 Å². The summed E-state index contributed by atoms with van der Waals surface area (Å²) >= 11 is 3.26. The molecular formula is C14H15BrO5. The number of carbonyl (C=O) groups excluding carboxylic acids is 3. The Kier molecular flexibility index (Phi) is 6.38. The van der Waals surface area contributed by atoms with E-state index in [9.17, 15) is 14.4 Å². The van der Waals surface area contributed by atoms with Gasteiger partial charge in [-0.25, -0.2) is 4.79 Å². The van der Waals surface area contributed by atoms with Crippen molar-refractivity contribution in [1.82, 2.24) is 0 Å². The van der Waals surface area contributed by atoms with Crippen molar-refractivity contribution in [3.8, 4) is 0 Å². The highest BCUT2D eigenvalue weighted by Gasteiger charge is 2.21. The Balaban J connectivity index is 2.72. The molecule has 0 N–H and O–H groups in total. The van der Waals surface area contributed by atoms with E-state index in [-0.39, 0.29) is 18.6 Å². The van der Waals surface area contributed by atoms with Gasteiger partial charge in [0.2, 0.25) is 0 Å². The highest BCUT2D eigenvalue weighted by molar-refractivity contribution is 9.10. The molecule has 0 spiro atoms. The number of rotatable bonds is 6. The molecule has 0 fully saturated rings. The molecular weight excluding hydrogens is 328 g/mol. The predicted octanol–water partition coefficient (Wildman–Crippen LogP) is 2.52. The summed E-state index contributed by atoms with van der Waals surface area (Å²) in [7, 11) is 1.24. The molecule has 0 bridgehead atoms. The maximum atomic E-state index is 11.9. The normalized spacial score (nSPS) is 11.6. The summed E-state index contributed by atoms with van der Waals surface area (Å²) in [5, 5.41) is 0. The summed E-state index contributed by atoms with van der Waals surface area (Å²) in [4.78, 5) is 34.3. The lowest BCUT2D eigenvalue weighted by atomic mass is 10.1. The first-order chi connectivity index (χ1) is 9.42. The second kappa shape index (κ2) is 7.79. The molecule has 0 radical (unpaired) electrons. The lowest BCUT2D eigenvalue weighted by molar-refractivity contribution is -0.143. The van der Waals surface area contributed by atoms with Crippen LogP contribution in [0.3, 0.4) is 0 Å². The highest BCUT2D eigenvalue weighted by atomic mass is 79.9. The van der Waals surface area contributed by atoms with E-state index in [2.05, 4.69) is 20.7 Å². The molecule has 1 aromatic rings. The second-order valence-corrected chi connectivity index (χ2v) is 5.14. The predicted molar refractivity (Wildman–Crippen MR) is 75.3 cm³/mol. The van der Waals surface area contributed by atoms with Gasteiger partial charge >= 0.3 is 11.9 Å². The first-order valence-corrected chi connectivity index (χ1v) is 6.74. The van der Waals surface area contributed by atoms with Crippen LogP contribution in [-0.4, -0.2) is 30.9 Å². The number of Topliss-reactive ketones (excluding diaryl/α,β-unsaturated/α-hetero) is 1. The average Bonchev–Trinajstić information content (AvgIpc) is 2.38. The Morgan fingerprint density at radius 1 is 1.15 bits per heavy atom. The van der Waals surface area contributed by atoms with Gasteiger partial charge in [-0.3, -0.25) is 9.59 Å². The van der Waals surface area contributed by atoms with Crippen LogP contribution in [0.1, 0.15) is 30.1 Å². The van der Waals surface area contributed by atoms with Gasteiger partial charge in [-0.05, 0) is 31.2 Å². The van der Waals surface area contributed by atoms with Crippen LogP contribution >= 0.6 is 15.9 Å². The maximum Gasteiger partial charge on any atom is 0.338 e. The van der Waals surface area contributed by atoms with Gasteiger partial charge in [0, 0.05) is 10.9 Å². The van der Waals surface area contributed by atoms with Crippen molar-refractivity contribution < 1.29 is 23.9 Å². The van der Waals surface area contributed by atoms with Gasteiger partial charge in [0.1, 0.15) is 11.9 Å². The number of carbonyl (C=O) groups is 3. The highest BCUT2D eigenvalue weighted by Crippen LogP contribution is 2.14. The molecule has 0 aliphatic rings. The summed E-state index contributed by atoms with van der Waals surface area (Å²) in [5.41, 5.74) is 0.353. The molecule has 0 heterocycles. The smallest absolute Gasteiger partial charge is 0.338 e. The van der Waals surface area contributed by atoms with Gasteiger partial charge in [0.25, 0.3) is 0 Å². The van der Waals surface area contributed by atoms with Gasteiger partial charge in [-0.15, -0.1) is 0 Å². The SMILES string of the molecule is COC(=O)C[C@@H](CC(C)=O)OC(=O)c1ccc(Br)cc1. The van der Waals surface area contributed by atoms with Gasteiger partial charge in [0.15, 0.2) is 0 Å². The zero-order chi connectivity index (χ0) is 15.1. The number of esters is 2. The largest absolute Gasteiger partial charge is 0.469 e. The Bertz CT molecular complexity index is 495. The van der Waals surface area contributed by atoms with Crippen LogP contribution in [-0.2, 0) is 19.1 Å². The molecule has 0 unspecified atom stereocenters. The molecule has 1 aromatic carbocycles. The summed E-state index contributed by atoms with van der Waals surface area (Å²) in [6, 6.07) is 6.60. The van der Waals surface area contributed by atoms with Crippen LogP contribution in [0.15, 0.2) is 28.7 Å². The maximum absolute atomic E-state index is 11.9. The van der Waals surface area contributed by atoms with Gasteiger partial charge in [-0.1, -0.05) is 15.9 Å². The molecule has 6 heteroatoms. The number of ether oxygens (including phenoxy) is 2. The van der Waals surface area contributed by atoms with Crippen molar-refractivity contribution >= 4 is 33.7 Å². The zero-order valence-electron chi connectivity index (χ0n) is 11.2. The Labute approximate surface area is 125 Å². The lowest BCUT2D eigenvalue weighted by Gasteiger charge is -2.15. The van der Waals surface area contributed by atoms with Crippen molar-refractivity contribution in [1.29, 1.82) is 0 Å². The third-order valence-electron chi connectivity index (χ3n) is 2.49. The monoisotopic (exact) mass is 342 g/mol. The fourth-order valence-electron chi connectivity index (χ4n) is 1.55. The van der Waals surface area contributed by atoms with E-state index in [1.165, 1.54) is 14.0 Å². The topological polar surface area (TPSA) is 69.7 Å². The summed E-state index contributed by atoms with van der Waals surface area (Å²) < 4.78 is 10.5. The lowest BCUT2D eigenvalue weighted by Crippen LogP contribution is -2.24. The molecule has 1 atom stereocenters. The molecule has 0 aliphatic carbocycles. The summed E-state index contributed by atoms with van der Waals surface area (Å²) in [6.45, 7) is 1.37. The number of hydrogen-bond donors (Lipinski definition) is 0. The minimum atomic E-state index is -0.809. The third-order valence-corrected chi connectivity index (χ3v) is 3.02. The average molecular weight is 343 g/mol. The van der Waals surface area contributed by atoms with E-state index in [1.807, 2.05) is 0 Å². The van der Waals surface area contributed by atoms with E-state index in [4.69, 9.17) is 4.74 Å². The Morgan fingerprint density at radius 3 is 2.25 bits per heavy atom. The fraction of sp³-hybridized carbons (Fsp3) is 0.357.